The molecular weight excluding hydrogens is 522 g/mol. The summed E-state index contributed by atoms with van der Waals surface area (Å²) in [4.78, 5) is 28.7. The lowest BCUT2D eigenvalue weighted by Gasteiger charge is -2.50. The maximum absolute atomic E-state index is 15.4. The van der Waals surface area contributed by atoms with E-state index in [1.807, 2.05) is 60.7 Å². The van der Waals surface area contributed by atoms with Gasteiger partial charge in [0.25, 0.3) is 0 Å². The Morgan fingerprint density at radius 1 is 0.857 bits per heavy atom. The van der Waals surface area contributed by atoms with Gasteiger partial charge in [0, 0.05) is 17.5 Å². The van der Waals surface area contributed by atoms with Crippen molar-refractivity contribution in [2.24, 2.45) is 5.41 Å². The number of carbonyl (C=O) groups is 1. The summed E-state index contributed by atoms with van der Waals surface area (Å²) in [5.74, 6) is 1.45. The van der Waals surface area contributed by atoms with E-state index in [0.717, 1.165) is 64.2 Å². The van der Waals surface area contributed by atoms with E-state index in [2.05, 4.69) is 41.3 Å². The van der Waals surface area contributed by atoms with Gasteiger partial charge in [-0.1, -0.05) is 60.7 Å². The summed E-state index contributed by atoms with van der Waals surface area (Å²) in [6.07, 6.45) is 2.05. The van der Waals surface area contributed by atoms with Crippen LogP contribution in [0.3, 0.4) is 0 Å². The van der Waals surface area contributed by atoms with Gasteiger partial charge in [-0.2, -0.15) is 0 Å². The summed E-state index contributed by atoms with van der Waals surface area (Å²) in [5, 5.41) is 0. The van der Waals surface area contributed by atoms with Crippen molar-refractivity contribution in [3.63, 3.8) is 0 Å². The lowest BCUT2D eigenvalue weighted by Crippen LogP contribution is -2.60. The van der Waals surface area contributed by atoms with Crippen LogP contribution in [-0.2, 0) is 5.54 Å². The quantitative estimate of drug-likeness (QED) is 0.254. The van der Waals surface area contributed by atoms with Crippen molar-refractivity contribution in [1.82, 2.24) is 14.9 Å². The van der Waals surface area contributed by atoms with Crippen LogP contribution in [0, 0.1) is 5.41 Å². The number of hydrogen-bond donors (Lipinski definition) is 0. The van der Waals surface area contributed by atoms with E-state index < -0.39 is 11.0 Å². The van der Waals surface area contributed by atoms with E-state index in [-0.39, 0.29) is 24.3 Å². The van der Waals surface area contributed by atoms with Gasteiger partial charge in [-0.05, 0) is 66.9 Å². The number of fused-ring (bicyclic) bond motifs is 10. The SMILES string of the molecule is COc1ccc([C@@H]2[C@H]3CCCN3[C@]3(c4ccccc4-c4nc5ccccc5nc43)[C@]23COc2ccccc2C3=O)cc1. The van der Waals surface area contributed by atoms with Crippen molar-refractivity contribution >= 4 is 16.8 Å². The fourth-order valence-electron chi connectivity index (χ4n) is 8.78. The monoisotopic (exact) mass is 551 g/mol. The van der Waals surface area contributed by atoms with Gasteiger partial charge >= 0.3 is 0 Å². The summed E-state index contributed by atoms with van der Waals surface area (Å²) >= 11 is 0. The summed E-state index contributed by atoms with van der Waals surface area (Å²) < 4.78 is 12.2. The third kappa shape index (κ3) is 2.76. The molecule has 42 heavy (non-hydrogen) atoms. The van der Waals surface area contributed by atoms with Gasteiger partial charge in [0.2, 0.25) is 0 Å². The van der Waals surface area contributed by atoms with Gasteiger partial charge in [0.15, 0.2) is 5.78 Å². The van der Waals surface area contributed by atoms with E-state index in [0.29, 0.717) is 11.3 Å². The zero-order valence-corrected chi connectivity index (χ0v) is 23.3. The predicted octanol–water partition coefficient (Wildman–Crippen LogP) is 6.39. The highest BCUT2D eigenvalue weighted by atomic mass is 16.5. The van der Waals surface area contributed by atoms with Crippen LogP contribution >= 0.6 is 0 Å². The van der Waals surface area contributed by atoms with E-state index in [1.54, 1.807) is 7.11 Å². The minimum absolute atomic E-state index is 0.122. The normalized spacial score (nSPS) is 27.1. The average Bonchev–Trinajstić information content (AvgIpc) is 3.69. The fraction of sp³-hybridized carbons (Fsp3) is 0.250. The van der Waals surface area contributed by atoms with Crippen molar-refractivity contribution < 1.29 is 14.3 Å². The first kappa shape index (κ1) is 24.1. The number of Topliss-reactive ketones (excluding diaryl/α,β-unsaturated/α-hetero) is 1. The molecule has 1 aliphatic carbocycles. The van der Waals surface area contributed by atoms with Crippen LogP contribution in [-0.4, -0.2) is 47.0 Å². The number of carbonyl (C=O) groups excluding carboxylic acids is 1. The van der Waals surface area contributed by atoms with Crippen LogP contribution in [0.1, 0.15) is 45.9 Å². The highest BCUT2D eigenvalue weighted by molar-refractivity contribution is 6.07. The molecule has 4 aromatic carbocycles. The minimum atomic E-state index is -0.973. The number of methoxy groups -OCH3 is 1. The Morgan fingerprint density at radius 2 is 1.57 bits per heavy atom. The van der Waals surface area contributed by atoms with Gasteiger partial charge in [-0.15, -0.1) is 0 Å². The van der Waals surface area contributed by atoms with E-state index in [1.165, 1.54) is 0 Å². The number of aromatic nitrogens is 2. The molecule has 0 amide bonds. The van der Waals surface area contributed by atoms with Crippen LogP contribution in [0.5, 0.6) is 11.5 Å². The zero-order chi connectivity index (χ0) is 28.1. The van der Waals surface area contributed by atoms with Crippen molar-refractivity contribution in [1.29, 1.82) is 0 Å². The van der Waals surface area contributed by atoms with Gasteiger partial charge in [-0.3, -0.25) is 9.69 Å². The molecule has 2 spiro atoms. The standard InChI is InChI=1S/C36H29N3O3/c1-41-23-18-16-22(17-19-23)31-29-14-8-20-39(29)36(35(31)21-42-30-15-7-3-10-25(30)34(35)40)26-11-4-2-9-24(26)32-33(36)38-28-13-6-5-12-27(28)37-32/h2-7,9-13,15-19,29,31H,8,14,20-21H2,1H3/t29-,31-,35-,36+/m1/s1. The molecule has 4 atom stereocenters. The second-order valence-electron chi connectivity index (χ2n) is 11.9. The molecule has 6 nitrogen and oxygen atoms in total. The largest absolute Gasteiger partial charge is 0.497 e. The number of nitrogens with zero attached hydrogens (tertiary/aromatic N) is 3. The Labute approximate surface area is 243 Å². The van der Waals surface area contributed by atoms with Crippen molar-refractivity contribution in [2.45, 2.75) is 30.3 Å². The first-order chi connectivity index (χ1) is 20.7. The number of hydrogen-bond acceptors (Lipinski definition) is 6. The van der Waals surface area contributed by atoms with Crippen LogP contribution < -0.4 is 9.47 Å². The Bertz CT molecular complexity index is 1920. The summed E-state index contributed by atoms with van der Waals surface area (Å²) in [7, 11) is 1.69. The molecule has 3 aliphatic heterocycles. The summed E-state index contributed by atoms with van der Waals surface area (Å²) in [6, 6.07) is 32.7. The highest BCUT2D eigenvalue weighted by Gasteiger charge is 2.77. The third-order valence-corrected chi connectivity index (χ3v) is 10.2. The first-order valence-corrected chi connectivity index (χ1v) is 14.7. The van der Waals surface area contributed by atoms with Crippen molar-refractivity contribution in [3.8, 4) is 22.8 Å². The van der Waals surface area contributed by atoms with Crippen LogP contribution in [0.2, 0.25) is 0 Å². The number of ether oxygens (including phenoxy) is 2. The minimum Gasteiger partial charge on any atom is -0.497 e. The summed E-state index contributed by atoms with van der Waals surface area (Å²) in [5.41, 5.74) is 5.56. The fourth-order valence-corrected chi connectivity index (χ4v) is 8.78. The lowest BCUT2D eigenvalue weighted by atomic mass is 9.56. The summed E-state index contributed by atoms with van der Waals surface area (Å²) in [6.45, 7) is 1.13. The molecular formula is C36H29N3O3. The third-order valence-electron chi connectivity index (χ3n) is 10.2. The predicted molar refractivity (Wildman–Crippen MR) is 160 cm³/mol. The second-order valence-corrected chi connectivity index (χ2v) is 11.9. The van der Waals surface area contributed by atoms with Gasteiger partial charge < -0.3 is 9.47 Å². The smallest absolute Gasteiger partial charge is 0.179 e. The Hall–Kier alpha value is -4.55. The van der Waals surface area contributed by atoms with Gasteiger partial charge in [-0.25, -0.2) is 9.97 Å². The van der Waals surface area contributed by atoms with Crippen LogP contribution in [0.4, 0.5) is 0 Å². The molecule has 2 fully saturated rings. The Kier molecular flexibility index (Phi) is 4.87. The lowest BCUT2D eigenvalue weighted by molar-refractivity contribution is 0.0148. The Balaban J connectivity index is 1.43. The zero-order valence-electron chi connectivity index (χ0n) is 23.3. The molecule has 0 unspecified atom stereocenters. The van der Waals surface area contributed by atoms with Gasteiger partial charge in [0.05, 0.1) is 35.1 Å². The molecule has 4 heterocycles. The van der Waals surface area contributed by atoms with Crippen LogP contribution in [0.25, 0.3) is 22.3 Å². The number of benzene rings is 4. The van der Waals surface area contributed by atoms with Gasteiger partial charge in [0.1, 0.15) is 29.1 Å². The maximum atomic E-state index is 15.4. The molecule has 0 radical (unpaired) electrons. The number of ketones is 1. The van der Waals surface area contributed by atoms with E-state index >= 15 is 4.79 Å². The van der Waals surface area contributed by atoms with E-state index in [9.17, 15) is 0 Å². The molecule has 5 aromatic rings. The van der Waals surface area contributed by atoms with Crippen LogP contribution in [0.15, 0.2) is 97.1 Å². The number of para-hydroxylation sites is 3. The molecule has 0 bridgehead atoms. The molecule has 0 saturated carbocycles. The molecule has 206 valence electrons. The first-order valence-electron chi connectivity index (χ1n) is 14.7. The topological polar surface area (TPSA) is 64.6 Å². The molecule has 6 heteroatoms. The van der Waals surface area contributed by atoms with E-state index in [4.69, 9.17) is 19.4 Å². The molecule has 4 aliphatic rings. The molecule has 1 aromatic heterocycles. The van der Waals surface area contributed by atoms with Crippen molar-refractivity contribution in [2.75, 3.05) is 20.3 Å². The second kappa shape index (κ2) is 8.49. The molecule has 0 N–H and O–H groups in total. The highest BCUT2D eigenvalue weighted by Crippen LogP contribution is 2.71. The number of rotatable bonds is 2. The maximum Gasteiger partial charge on any atom is 0.179 e. The molecule has 2 saturated heterocycles. The van der Waals surface area contributed by atoms with Crippen molar-refractivity contribution in [3.05, 3.63) is 119 Å². The Morgan fingerprint density at radius 3 is 2.38 bits per heavy atom. The average molecular weight is 552 g/mol. The molecule has 9 rings (SSSR count).